The number of aryl methyl sites for hydroxylation is 1. The highest BCUT2D eigenvalue weighted by molar-refractivity contribution is 14.0. The number of hydrogen-bond acceptors (Lipinski definition) is 4. The second-order valence-electron chi connectivity index (χ2n) is 5.52. The molecule has 0 aliphatic rings. The maximum absolute atomic E-state index is 9.15. The van der Waals surface area contributed by atoms with Gasteiger partial charge in [0.25, 0.3) is 0 Å². The van der Waals surface area contributed by atoms with E-state index in [1.54, 1.807) is 11.0 Å². The zero-order valence-electron chi connectivity index (χ0n) is 14.7. The van der Waals surface area contributed by atoms with Gasteiger partial charge in [-0.1, -0.05) is 13.3 Å². The minimum absolute atomic E-state index is 0. The van der Waals surface area contributed by atoms with Gasteiger partial charge in [0.15, 0.2) is 5.96 Å². The largest absolute Gasteiger partial charge is 0.396 e. The summed E-state index contributed by atoms with van der Waals surface area (Å²) in [6.45, 7) is 6.66. The first-order valence-electron chi connectivity index (χ1n) is 8.05. The molecule has 1 atom stereocenters. The molecule has 0 saturated heterocycles. The van der Waals surface area contributed by atoms with Crippen LogP contribution in [0.5, 0.6) is 0 Å². The number of aliphatic hydroxyl groups excluding tert-OH is 1. The van der Waals surface area contributed by atoms with Crippen LogP contribution in [0, 0.1) is 5.92 Å². The predicted molar refractivity (Wildman–Crippen MR) is 104 cm³/mol. The summed E-state index contributed by atoms with van der Waals surface area (Å²) < 4.78 is 1.77. The van der Waals surface area contributed by atoms with Gasteiger partial charge >= 0.3 is 0 Å². The fourth-order valence-corrected chi connectivity index (χ4v) is 2.35. The number of aromatic nitrogens is 3. The topological polar surface area (TPSA) is 78.6 Å². The van der Waals surface area contributed by atoms with E-state index in [1.807, 2.05) is 14.1 Å². The van der Waals surface area contributed by atoms with Crippen molar-refractivity contribution in [3.8, 4) is 0 Å². The normalized spacial score (nSPS) is 12.7. The molecule has 8 heteroatoms. The Morgan fingerprint density at radius 2 is 2.17 bits per heavy atom. The monoisotopic (exact) mass is 438 g/mol. The molecule has 0 aliphatic carbocycles. The molecule has 1 unspecified atom stereocenters. The highest BCUT2D eigenvalue weighted by Crippen LogP contribution is 2.11. The maximum Gasteiger partial charge on any atom is 0.194 e. The molecule has 2 N–H and O–H groups in total. The number of hydrogen-bond donors (Lipinski definition) is 2. The second kappa shape index (κ2) is 12.5. The zero-order valence-corrected chi connectivity index (χ0v) is 17.0. The molecule has 0 aliphatic heterocycles. The van der Waals surface area contributed by atoms with Crippen molar-refractivity contribution in [2.45, 2.75) is 39.7 Å². The summed E-state index contributed by atoms with van der Waals surface area (Å²) in [7, 11) is 3.88. The highest BCUT2D eigenvalue weighted by atomic mass is 127. The van der Waals surface area contributed by atoms with Gasteiger partial charge in [-0.3, -0.25) is 9.67 Å². The predicted octanol–water partition coefficient (Wildman–Crippen LogP) is 1.63. The first kappa shape index (κ1) is 22.1. The molecule has 0 saturated carbocycles. The van der Waals surface area contributed by atoms with E-state index in [4.69, 9.17) is 10.1 Å². The quantitative estimate of drug-likeness (QED) is 0.348. The van der Waals surface area contributed by atoms with Crippen molar-refractivity contribution < 1.29 is 5.11 Å². The standard InChI is InChI=1S/C15H30N6O.HI/c1-5-7-13(8-9-22)10-17-15(16-6-2)20(3)11-14-18-12-19-21(14)4;/h12-13,22H,5-11H2,1-4H3,(H,16,17);1H. The maximum atomic E-state index is 9.15. The minimum Gasteiger partial charge on any atom is -0.396 e. The van der Waals surface area contributed by atoms with Gasteiger partial charge in [0, 0.05) is 33.8 Å². The van der Waals surface area contributed by atoms with Crippen molar-refractivity contribution in [2.75, 3.05) is 26.7 Å². The van der Waals surface area contributed by atoms with Crippen molar-refractivity contribution in [3.05, 3.63) is 12.2 Å². The van der Waals surface area contributed by atoms with Gasteiger partial charge in [0.2, 0.25) is 0 Å². The lowest BCUT2D eigenvalue weighted by Crippen LogP contribution is -2.39. The smallest absolute Gasteiger partial charge is 0.194 e. The van der Waals surface area contributed by atoms with Crippen LogP contribution >= 0.6 is 24.0 Å². The number of aliphatic hydroxyl groups is 1. The Morgan fingerprint density at radius 3 is 2.70 bits per heavy atom. The van der Waals surface area contributed by atoms with E-state index in [-0.39, 0.29) is 30.6 Å². The van der Waals surface area contributed by atoms with Crippen LogP contribution in [0.15, 0.2) is 11.3 Å². The van der Waals surface area contributed by atoms with Crippen LogP contribution in [0.1, 0.15) is 38.9 Å². The van der Waals surface area contributed by atoms with Gasteiger partial charge in [-0.25, -0.2) is 4.98 Å². The number of rotatable bonds is 9. The molecule has 0 fully saturated rings. The summed E-state index contributed by atoms with van der Waals surface area (Å²) in [5.41, 5.74) is 0. The summed E-state index contributed by atoms with van der Waals surface area (Å²) in [4.78, 5) is 11.0. The number of aliphatic imine (C=N–C) groups is 1. The molecule has 0 amide bonds. The first-order chi connectivity index (χ1) is 10.6. The van der Waals surface area contributed by atoms with E-state index in [0.717, 1.165) is 44.1 Å². The highest BCUT2D eigenvalue weighted by Gasteiger charge is 2.12. The lowest BCUT2D eigenvalue weighted by molar-refractivity contribution is 0.253. The summed E-state index contributed by atoms with van der Waals surface area (Å²) >= 11 is 0. The SMILES string of the molecule is CCCC(CCO)CN=C(NCC)N(C)Cc1ncnn1C.I. The van der Waals surface area contributed by atoms with E-state index in [2.05, 4.69) is 34.1 Å². The van der Waals surface area contributed by atoms with E-state index < -0.39 is 0 Å². The summed E-state index contributed by atoms with van der Waals surface area (Å²) in [5, 5.41) is 16.5. The summed E-state index contributed by atoms with van der Waals surface area (Å²) in [6, 6.07) is 0. The van der Waals surface area contributed by atoms with Crippen LogP contribution in [0.25, 0.3) is 0 Å². The van der Waals surface area contributed by atoms with Crippen LogP contribution in [-0.4, -0.2) is 57.5 Å². The average molecular weight is 438 g/mol. The number of halogens is 1. The minimum atomic E-state index is 0. The van der Waals surface area contributed by atoms with E-state index in [0.29, 0.717) is 12.5 Å². The van der Waals surface area contributed by atoms with Crippen molar-refractivity contribution in [3.63, 3.8) is 0 Å². The molecule has 1 aromatic heterocycles. The van der Waals surface area contributed by atoms with E-state index in [1.165, 1.54) is 0 Å². The molecule has 23 heavy (non-hydrogen) atoms. The van der Waals surface area contributed by atoms with Gasteiger partial charge in [-0.05, 0) is 25.7 Å². The second-order valence-corrected chi connectivity index (χ2v) is 5.52. The van der Waals surface area contributed by atoms with Crippen LogP contribution in [0.4, 0.5) is 0 Å². The molecule has 0 aromatic carbocycles. The Bertz CT molecular complexity index is 445. The summed E-state index contributed by atoms with van der Waals surface area (Å²) in [6.07, 6.45) is 4.58. The Balaban J connectivity index is 0.00000484. The molecular formula is C15H31IN6O. The lowest BCUT2D eigenvalue weighted by atomic mass is 10.0. The van der Waals surface area contributed by atoms with Gasteiger partial charge in [-0.2, -0.15) is 5.10 Å². The van der Waals surface area contributed by atoms with Crippen molar-refractivity contribution in [1.82, 2.24) is 25.0 Å². The van der Waals surface area contributed by atoms with Gasteiger partial charge in [0.1, 0.15) is 12.2 Å². The first-order valence-corrected chi connectivity index (χ1v) is 8.05. The lowest BCUT2D eigenvalue weighted by Gasteiger charge is -2.22. The number of guanidine groups is 1. The van der Waals surface area contributed by atoms with Crippen LogP contribution in [0.3, 0.4) is 0 Å². The van der Waals surface area contributed by atoms with Crippen molar-refractivity contribution in [2.24, 2.45) is 18.0 Å². The Labute approximate surface area is 156 Å². The van der Waals surface area contributed by atoms with E-state index >= 15 is 0 Å². The summed E-state index contributed by atoms with van der Waals surface area (Å²) in [5.74, 6) is 2.20. The zero-order chi connectivity index (χ0) is 16.4. The fourth-order valence-electron chi connectivity index (χ4n) is 2.35. The third-order valence-electron chi connectivity index (χ3n) is 3.61. The Morgan fingerprint density at radius 1 is 1.43 bits per heavy atom. The molecular weight excluding hydrogens is 407 g/mol. The van der Waals surface area contributed by atoms with E-state index in [9.17, 15) is 0 Å². The van der Waals surface area contributed by atoms with Gasteiger partial charge in [-0.15, -0.1) is 24.0 Å². The van der Waals surface area contributed by atoms with Gasteiger partial charge in [0.05, 0.1) is 6.54 Å². The number of nitrogens with one attached hydrogen (secondary N) is 1. The molecule has 7 nitrogen and oxygen atoms in total. The Hall–Kier alpha value is -0.900. The molecule has 1 heterocycles. The van der Waals surface area contributed by atoms with Gasteiger partial charge < -0.3 is 15.3 Å². The van der Waals surface area contributed by atoms with Crippen molar-refractivity contribution in [1.29, 1.82) is 0 Å². The third kappa shape index (κ3) is 7.96. The molecule has 0 spiro atoms. The molecule has 0 radical (unpaired) electrons. The Kier molecular flexibility index (Phi) is 12.0. The average Bonchev–Trinajstić information content (AvgIpc) is 2.89. The van der Waals surface area contributed by atoms with Crippen LogP contribution in [0.2, 0.25) is 0 Å². The molecule has 0 bridgehead atoms. The molecule has 1 rings (SSSR count). The van der Waals surface area contributed by atoms with Crippen molar-refractivity contribution >= 4 is 29.9 Å². The fraction of sp³-hybridized carbons (Fsp3) is 0.800. The molecule has 134 valence electrons. The van der Waals surface area contributed by atoms with Crippen LogP contribution < -0.4 is 5.32 Å². The molecule has 1 aromatic rings. The van der Waals surface area contributed by atoms with Crippen LogP contribution in [-0.2, 0) is 13.6 Å². The third-order valence-corrected chi connectivity index (χ3v) is 3.61. The number of nitrogens with zero attached hydrogens (tertiary/aromatic N) is 5.